The molecule has 6 nitrogen and oxygen atoms in total. The Balaban J connectivity index is 2.51. The van der Waals surface area contributed by atoms with Crippen LogP contribution in [-0.2, 0) is 25.1 Å². The van der Waals surface area contributed by atoms with Gasteiger partial charge in [0.2, 0.25) is 0 Å². The van der Waals surface area contributed by atoms with E-state index in [0.29, 0.717) is 18.0 Å². The van der Waals surface area contributed by atoms with Crippen LogP contribution >= 0.6 is 0 Å². The van der Waals surface area contributed by atoms with Crippen molar-refractivity contribution in [1.29, 1.82) is 0 Å². The largest absolute Gasteiger partial charge is 0.452 e. The van der Waals surface area contributed by atoms with Gasteiger partial charge in [-0.3, -0.25) is 4.79 Å². The second-order valence-corrected chi connectivity index (χ2v) is 7.68. The minimum Gasteiger partial charge on any atom is -0.452 e. The Morgan fingerprint density at radius 2 is 1.77 bits per heavy atom. The number of rotatable bonds is 7. The summed E-state index contributed by atoms with van der Waals surface area (Å²) >= 11 is 0. The van der Waals surface area contributed by atoms with E-state index in [9.17, 15) is 18.0 Å². The Hall–Kier alpha value is -1.89. The predicted octanol–water partition coefficient (Wildman–Crippen LogP) is 1.16. The topological polar surface area (TPSA) is 89.5 Å². The average molecular weight is 327 g/mol. The first-order chi connectivity index (χ1) is 10.2. The molecule has 122 valence electrons. The molecule has 1 N–H and O–H groups in total. The lowest BCUT2D eigenvalue weighted by atomic mass is 10.1. The number of esters is 1. The van der Waals surface area contributed by atoms with Crippen LogP contribution in [0.1, 0.15) is 29.8 Å². The zero-order valence-corrected chi connectivity index (χ0v) is 13.8. The third-order valence-electron chi connectivity index (χ3n) is 2.66. The minimum absolute atomic E-state index is 0.0834. The number of benzene rings is 1. The molecule has 0 bridgehead atoms. The Kier molecular flexibility index (Phi) is 6.55. The fraction of sp³-hybridized carbons (Fsp3) is 0.467. The van der Waals surface area contributed by atoms with E-state index < -0.39 is 15.8 Å². The first-order valence-electron chi connectivity index (χ1n) is 6.88. The lowest BCUT2D eigenvalue weighted by molar-refractivity contribution is -0.124. The molecule has 0 spiro atoms. The molecule has 0 saturated carbocycles. The summed E-state index contributed by atoms with van der Waals surface area (Å²) in [4.78, 5) is 23.2. The SMILES string of the molecule is CC(C)CNC(=O)COC(=O)c1ccc(CS(C)(=O)=O)cc1. The van der Waals surface area contributed by atoms with E-state index in [4.69, 9.17) is 4.74 Å². The second-order valence-electron chi connectivity index (χ2n) is 5.54. The summed E-state index contributed by atoms with van der Waals surface area (Å²) < 4.78 is 27.2. The molecule has 0 radical (unpaired) electrons. The van der Waals surface area contributed by atoms with Crippen molar-refractivity contribution in [3.63, 3.8) is 0 Å². The van der Waals surface area contributed by atoms with Crippen molar-refractivity contribution in [2.75, 3.05) is 19.4 Å². The van der Waals surface area contributed by atoms with Gasteiger partial charge in [-0.25, -0.2) is 13.2 Å². The molecule has 0 heterocycles. The Labute approximate surface area is 130 Å². The van der Waals surface area contributed by atoms with Gasteiger partial charge in [0.15, 0.2) is 16.4 Å². The summed E-state index contributed by atoms with van der Waals surface area (Å²) in [6.07, 6.45) is 1.14. The number of carbonyl (C=O) groups is 2. The van der Waals surface area contributed by atoms with E-state index in [1.807, 2.05) is 13.8 Å². The van der Waals surface area contributed by atoms with E-state index in [1.165, 1.54) is 12.1 Å². The zero-order valence-electron chi connectivity index (χ0n) is 13.0. The maximum atomic E-state index is 11.8. The van der Waals surface area contributed by atoms with Crippen molar-refractivity contribution in [2.45, 2.75) is 19.6 Å². The molecular formula is C15H21NO5S. The molecule has 1 aromatic rings. The number of sulfone groups is 1. The molecule has 1 aromatic carbocycles. The molecule has 7 heteroatoms. The lowest BCUT2D eigenvalue weighted by Gasteiger charge is -2.08. The number of amides is 1. The molecule has 0 aliphatic rings. The molecule has 1 amide bonds. The van der Waals surface area contributed by atoms with Gasteiger partial charge >= 0.3 is 5.97 Å². The van der Waals surface area contributed by atoms with E-state index >= 15 is 0 Å². The fourth-order valence-corrected chi connectivity index (χ4v) is 2.42. The van der Waals surface area contributed by atoms with Crippen LogP contribution in [0.15, 0.2) is 24.3 Å². The summed E-state index contributed by atoms with van der Waals surface area (Å²) in [5, 5.41) is 2.64. The van der Waals surface area contributed by atoms with E-state index in [2.05, 4.69) is 5.32 Å². The quantitative estimate of drug-likeness (QED) is 0.759. The van der Waals surface area contributed by atoms with Crippen molar-refractivity contribution >= 4 is 21.7 Å². The van der Waals surface area contributed by atoms with Crippen LogP contribution in [-0.4, -0.2) is 39.7 Å². The third-order valence-corrected chi connectivity index (χ3v) is 3.52. The highest BCUT2D eigenvalue weighted by molar-refractivity contribution is 7.89. The van der Waals surface area contributed by atoms with Gasteiger partial charge in [-0.1, -0.05) is 26.0 Å². The Morgan fingerprint density at radius 1 is 1.18 bits per heavy atom. The first kappa shape index (κ1) is 18.2. The van der Waals surface area contributed by atoms with Crippen LogP contribution in [0.4, 0.5) is 0 Å². The molecule has 22 heavy (non-hydrogen) atoms. The summed E-state index contributed by atoms with van der Waals surface area (Å²) in [5.41, 5.74) is 0.864. The molecule has 0 unspecified atom stereocenters. The van der Waals surface area contributed by atoms with Gasteiger partial charge in [-0.05, 0) is 23.6 Å². The number of carbonyl (C=O) groups excluding carboxylic acids is 2. The fourth-order valence-electron chi connectivity index (χ4n) is 1.62. The second kappa shape index (κ2) is 7.93. The van der Waals surface area contributed by atoms with Gasteiger partial charge < -0.3 is 10.1 Å². The van der Waals surface area contributed by atoms with Crippen LogP contribution in [0, 0.1) is 5.92 Å². The highest BCUT2D eigenvalue weighted by atomic mass is 32.2. The number of hydrogen-bond acceptors (Lipinski definition) is 5. The van der Waals surface area contributed by atoms with Gasteiger partial charge in [0.25, 0.3) is 5.91 Å². The van der Waals surface area contributed by atoms with Crippen molar-refractivity contribution in [1.82, 2.24) is 5.32 Å². The maximum Gasteiger partial charge on any atom is 0.338 e. The highest BCUT2D eigenvalue weighted by Crippen LogP contribution is 2.09. The molecule has 0 saturated heterocycles. The maximum absolute atomic E-state index is 11.8. The molecule has 0 aliphatic heterocycles. The average Bonchev–Trinajstić information content (AvgIpc) is 2.41. The number of hydrogen-bond donors (Lipinski definition) is 1. The summed E-state index contributed by atoms with van der Waals surface area (Å²) in [5.74, 6) is -0.733. The number of ether oxygens (including phenoxy) is 1. The first-order valence-corrected chi connectivity index (χ1v) is 8.94. The summed E-state index contributed by atoms with van der Waals surface area (Å²) in [6, 6.07) is 6.07. The van der Waals surface area contributed by atoms with Crippen LogP contribution < -0.4 is 5.32 Å². The summed E-state index contributed by atoms with van der Waals surface area (Å²) in [7, 11) is -3.11. The smallest absolute Gasteiger partial charge is 0.338 e. The van der Waals surface area contributed by atoms with Crippen molar-refractivity contribution in [2.24, 2.45) is 5.92 Å². The van der Waals surface area contributed by atoms with Gasteiger partial charge in [-0.2, -0.15) is 0 Å². The molecule has 1 rings (SSSR count). The van der Waals surface area contributed by atoms with Crippen molar-refractivity contribution < 1.29 is 22.7 Å². The van der Waals surface area contributed by atoms with E-state index in [1.54, 1.807) is 12.1 Å². The van der Waals surface area contributed by atoms with Gasteiger partial charge in [0.05, 0.1) is 11.3 Å². The third kappa shape index (κ3) is 7.21. The van der Waals surface area contributed by atoms with Crippen molar-refractivity contribution in [3.05, 3.63) is 35.4 Å². The lowest BCUT2D eigenvalue weighted by Crippen LogP contribution is -2.31. The molecule has 0 atom stereocenters. The van der Waals surface area contributed by atoms with Crippen molar-refractivity contribution in [3.8, 4) is 0 Å². The Bertz CT molecular complexity index is 620. The van der Waals surface area contributed by atoms with E-state index in [0.717, 1.165) is 6.26 Å². The number of nitrogens with one attached hydrogen (secondary N) is 1. The van der Waals surface area contributed by atoms with Gasteiger partial charge in [-0.15, -0.1) is 0 Å². The molecule has 0 aromatic heterocycles. The van der Waals surface area contributed by atoms with Gasteiger partial charge in [0.1, 0.15) is 0 Å². The van der Waals surface area contributed by atoms with Crippen LogP contribution in [0.5, 0.6) is 0 Å². The Morgan fingerprint density at radius 3 is 2.27 bits per heavy atom. The van der Waals surface area contributed by atoms with Crippen LogP contribution in [0.2, 0.25) is 0 Å². The standard InChI is InChI=1S/C15H21NO5S/c1-11(2)8-16-14(17)9-21-15(18)13-6-4-12(5-7-13)10-22(3,19)20/h4-7,11H,8-10H2,1-3H3,(H,16,17). The molecule has 0 fully saturated rings. The van der Waals surface area contributed by atoms with E-state index in [-0.39, 0.29) is 23.8 Å². The van der Waals surface area contributed by atoms with Crippen LogP contribution in [0.25, 0.3) is 0 Å². The predicted molar refractivity (Wildman–Crippen MR) is 83.1 cm³/mol. The molecule has 0 aliphatic carbocycles. The monoisotopic (exact) mass is 327 g/mol. The normalized spacial score (nSPS) is 11.3. The highest BCUT2D eigenvalue weighted by Gasteiger charge is 2.11. The van der Waals surface area contributed by atoms with Crippen LogP contribution in [0.3, 0.4) is 0 Å². The summed E-state index contributed by atoms with van der Waals surface area (Å²) in [6.45, 7) is 4.11. The molecular weight excluding hydrogens is 306 g/mol. The minimum atomic E-state index is -3.11. The van der Waals surface area contributed by atoms with Gasteiger partial charge in [0, 0.05) is 12.8 Å². The zero-order chi connectivity index (χ0) is 16.8.